The molecular weight excluding hydrogens is 260 g/mol. The Morgan fingerprint density at radius 3 is 2.65 bits per heavy atom. The summed E-state index contributed by atoms with van der Waals surface area (Å²) in [5.74, 6) is 0.0469. The van der Waals surface area contributed by atoms with Crippen LogP contribution >= 0.6 is 0 Å². The molecule has 0 radical (unpaired) electrons. The van der Waals surface area contributed by atoms with Gasteiger partial charge in [0.25, 0.3) is 0 Å². The third-order valence-corrected chi connectivity index (χ3v) is 2.93. The van der Waals surface area contributed by atoms with E-state index in [1.165, 1.54) is 0 Å². The minimum Gasteiger partial charge on any atom is -0.481 e. The van der Waals surface area contributed by atoms with Crippen LogP contribution in [0.1, 0.15) is 37.9 Å². The van der Waals surface area contributed by atoms with Gasteiger partial charge in [0, 0.05) is 32.4 Å². The molecule has 1 heterocycles. The highest BCUT2D eigenvalue weighted by atomic mass is 16.4. The van der Waals surface area contributed by atoms with Crippen LogP contribution in [0.3, 0.4) is 0 Å². The van der Waals surface area contributed by atoms with Gasteiger partial charge in [-0.1, -0.05) is 12.8 Å². The zero-order valence-electron chi connectivity index (χ0n) is 11.8. The number of hydrogen-bond acceptors (Lipinski definition) is 3. The van der Waals surface area contributed by atoms with Crippen LogP contribution in [0.4, 0.5) is 4.79 Å². The number of aryl methyl sites for hydroxylation is 1. The van der Waals surface area contributed by atoms with E-state index < -0.39 is 5.97 Å². The van der Waals surface area contributed by atoms with Crippen molar-refractivity contribution in [2.45, 2.75) is 38.6 Å². The molecule has 0 atom stereocenters. The maximum Gasteiger partial charge on any atom is 0.315 e. The smallest absolute Gasteiger partial charge is 0.315 e. The van der Waals surface area contributed by atoms with Gasteiger partial charge >= 0.3 is 12.0 Å². The first kappa shape index (κ1) is 16.0. The molecule has 0 saturated carbocycles. The highest BCUT2D eigenvalue weighted by Crippen LogP contribution is 2.02. The van der Waals surface area contributed by atoms with E-state index in [0.717, 1.165) is 25.1 Å². The van der Waals surface area contributed by atoms with Crippen LogP contribution in [-0.2, 0) is 18.4 Å². The number of aliphatic carboxylic acids is 1. The van der Waals surface area contributed by atoms with Crippen molar-refractivity contribution in [2.24, 2.45) is 7.05 Å². The highest BCUT2D eigenvalue weighted by Gasteiger charge is 2.03. The van der Waals surface area contributed by atoms with Gasteiger partial charge in [0.15, 0.2) is 0 Å². The first-order valence-electron chi connectivity index (χ1n) is 6.79. The second-order valence-corrected chi connectivity index (χ2v) is 4.62. The quantitative estimate of drug-likeness (QED) is 0.594. The summed E-state index contributed by atoms with van der Waals surface area (Å²) in [6.07, 6.45) is 7.08. The Kier molecular flexibility index (Phi) is 7.16. The van der Waals surface area contributed by atoms with E-state index in [-0.39, 0.29) is 12.5 Å². The van der Waals surface area contributed by atoms with E-state index in [1.807, 2.05) is 17.8 Å². The number of urea groups is 1. The average molecular weight is 282 g/mol. The molecule has 0 spiro atoms. The lowest BCUT2D eigenvalue weighted by atomic mass is 10.1. The second-order valence-electron chi connectivity index (χ2n) is 4.62. The van der Waals surface area contributed by atoms with Gasteiger partial charge < -0.3 is 20.3 Å². The number of nitrogens with one attached hydrogen (secondary N) is 2. The van der Waals surface area contributed by atoms with Crippen molar-refractivity contribution in [3.05, 3.63) is 18.2 Å². The number of carbonyl (C=O) groups is 2. The SMILES string of the molecule is Cn1ccnc1CNC(=O)NCCCCCCC(=O)O. The zero-order chi connectivity index (χ0) is 14.8. The van der Waals surface area contributed by atoms with Gasteiger partial charge in [0.2, 0.25) is 0 Å². The number of hydrogen-bond donors (Lipinski definition) is 3. The van der Waals surface area contributed by atoms with Crippen LogP contribution < -0.4 is 10.6 Å². The molecule has 0 aliphatic heterocycles. The first-order chi connectivity index (χ1) is 9.59. The van der Waals surface area contributed by atoms with Crippen molar-refractivity contribution >= 4 is 12.0 Å². The van der Waals surface area contributed by atoms with Crippen molar-refractivity contribution in [3.63, 3.8) is 0 Å². The molecule has 0 unspecified atom stereocenters. The predicted molar refractivity (Wildman–Crippen MR) is 74.2 cm³/mol. The minimum atomic E-state index is -0.753. The molecule has 1 aromatic rings. The van der Waals surface area contributed by atoms with Crippen LogP contribution in [0.25, 0.3) is 0 Å². The molecule has 0 aliphatic rings. The third kappa shape index (κ3) is 6.77. The lowest BCUT2D eigenvalue weighted by molar-refractivity contribution is -0.137. The number of aromatic nitrogens is 2. The summed E-state index contributed by atoms with van der Waals surface area (Å²) in [5.41, 5.74) is 0. The summed E-state index contributed by atoms with van der Waals surface area (Å²) in [4.78, 5) is 25.9. The number of carbonyl (C=O) groups excluding carboxylic acids is 1. The van der Waals surface area contributed by atoms with Crippen LogP contribution in [0.15, 0.2) is 12.4 Å². The van der Waals surface area contributed by atoms with Crippen LogP contribution in [0.2, 0.25) is 0 Å². The largest absolute Gasteiger partial charge is 0.481 e. The van der Waals surface area contributed by atoms with E-state index in [2.05, 4.69) is 15.6 Å². The van der Waals surface area contributed by atoms with Crippen molar-refractivity contribution < 1.29 is 14.7 Å². The fourth-order valence-electron chi connectivity index (χ4n) is 1.75. The van der Waals surface area contributed by atoms with Gasteiger partial charge in [-0.05, 0) is 12.8 Å². The van der Waals surface area contributed by atoms with Crippen molar-refractivity contribution in [3.8, 4) is 0 Å². The molecular formula is C13H22N4O3. The minimum absolute atomic E-state index is 0.210. The number of carboxylic acids is 1. The van der Waals surface area contributed by atoms with Crippen LogP contribution in [0, 0.1) is 0 Å². The molecule has 112 valence electrons. The molecule has 3 N–H and O–H groups in total. The summed E-state index contributed by atoms with van der Waals surface area (Å²) >= 11 is 0. The number of carboxylic acid groups (broad SMARTS) is 1. The van der Waals surface area contributed by atoms with E-state index in [4.69, 9.17) is 5.11 Å². The molecule has 0 bridgehead atoms. The monoisotopic (exact) mass is 282 g/mol. The van der Waals surface area contributed by atoms with Gasteiger partial charge in [0.05, 0.1) is 6.54 Å². The van der Waals surface area contributed by atoms with Gasteiger partial charge in [-0.25, -0.2) is 9.78 Å². The Morgan fingerprint density at radius 1 is 1.25 bits per heavy atom. The second kappa shape index (κ2) is 8.95. The van der Waals surface area contributed by atoms with E-state index in [0.29, 0.717) is 19.5 Å². The summed E-state index contributed by atoms with van der Waals surface area (Å²) in [7, 11) is 1.87. The number of amides is 2. The fourth-order valence-corrected chi connectivity index (χ4v) is 1.75. The average Bonchev–Trinajstić information content (AvgIpc) is 2.80. The summed E-state index contributed by atoms with van der Waals surface area (Å²) in [6.45, 7) is 0.993. The number of unbranched alkanes of at least 4 members (excludes halogenated alkanes) is 3. The van der Waals surface area contributed by atoms with Gasteiger partial charge in [-0.3, -0.25) is 4.79 Å². The van der Waals surface area contributed by atoms with Crippen molar-refractivity contribution in [2.75, 3.05) is 6.54 Å². The molecule has 1 aromatic heterocycles. The Bertz CT molecular complexity index is 431. The summed E-state index contributed by atoms with van der Waals surface area (Å²) in [5, 5.41) is 14.0. The van der Waals surface area contributed by atoms with Crippen molar-refractivity contribution in [1.82, 2.24) is 20.2 Å². The summed E-state index contributed by atoms with van der Waals surface area (Å²) in [6, 6.07) is -0.210. The Hall–Kier alpha value is -2.05. The molecule has 0 aromatic carbocycles. The fraction of sp³-hybridized carbons (Fsp3) is 0.615. The Balaban J connectivity index is 1.98. The lowest BCUT2D eigenvalue weighted by Crippen LogP contribution is -2.36. The molecule has 20 heavy (non-hydrogen) atoms. The van der Waals surface area contributed by atoms with Crippen molar-refractivity contribution in [1.29, 1.82) is 0 Å². The number of rotatable bonds is 9. The maximum absolute atomic E-state index is 11.5. The standard InChI is InChI=1S/C13H22N4O3/c1-17-9-8-14-11(17)10-16-13(20)15-7-5-3-2-4-6-12(18)19/h8-9H,2-7,10H2,1H3,(H,18,19)(H2,15,16,20). The van der Waals surface area contributed by atoms with Gasteiger partial charge in [0.1, 0.15) is 5.82 Å². The first-order valence-corrected chi connectivity index (χ1v) is 6.79. The number of nitrogens with zero attached hydrogens (tertiary/aromatic N) is 2. The van der Waals surface area contributed by atoms with Crippen LogP contribution in [0.5, 0.6) is 0 Å². The van der Waals surface area contributed by atoms with Gasteiger partial charge in [-0.15, -0.1) is 0 Å². The molecule has 0 saturated heterocycles. The molecule has 2 amide bonds. The third-order valence-electron chi connectivity index (χ3n) is 2.93. The molecule has 7 nitrogen and oxygen atoms in total. The lowest BCUT2D eigenvalue weighted by Gasteiger charge is -2.07. The van der Waals surface area contributed by atoms with E-state index in [9.17, 15) is 9.59 Å². The summed E-state index contributed by atoms with van der Waals surface area (Å²) < 4.78 is 1.85. The predicted octanol–water partition coefficient (Wildman–Crippen LogP) is 1.25. The Morgan fingerprint density at radius 2 is 2.00 bits per heavy atom. The zero-order valence-corrected chi connectivity index (χ0v) is 11.8. The number of imidazole rings is 1. The molecule has 1 rings (SSSR count). The Labute approximate surface area is 118 Å². The highest BCUT2D eigenvalue weighted by molar-refractivity contribution is 5.73. The maximum atomic E-state index is 11.5. The van der Waals surface area contributed by atoms with E-state index >= 15 is 0 Å². The van der Waals surface area contributed by atoms with Crippen LogP contribution in [-0.4, -0.2) is 33.2 Å². The topological polar surface area (TPSA) is 96.3 Å². The molecule has 0 aliphatic carbocycles. The molecule has 0 fully saturated rings. The van der Waals surface area contributed by atoms with Gasteiger partial charge in [-0.2, -0.15) is 0 Å². The normalized spacial score (nSPS) is 10.2. The van der Waals surface area contributed by atoms with E-state index in [1.54, 1.807) is 6.20 Å². The molecule has 7 heteroatoms.